The third-order valence-electron chi connectivity index (χ3n) is 3.17. The van der Waals surface area contributed by atoms with E-state index in [9.17, 15) is 9.59 Å². The molecule has 21 heavy (non-hydrogen) atoms. The highest BCUT2D eigenvalue weighted by Gasteiger charge is 2.23. The zero-order valence-corrected chi connectivity index (χ0v) is 12.0. The molecule has 2 heterocycles. The molecule has 106 valence electrons. The molecule has 5 heteroatoms. The Morgan fingerprint density at radius 3 is 2.95 bits per heavy atom. The number of hydrogen-bond acceptors (Lipinski definition) is 4. The van der Waals surface area contributed by atoms with Crippen LogP contribution >= 0.6 is 11.3 Å². The molecule has 1 aromatic heterocycles. The summed E-state index contributed by atoms with van der Waals surface area (Å²) in [5.74, 6) is -0.0874. The second-order valence-electron chi connectivity index (χ2n) is 4.57. The van der Waals surface area contributed by atoms with Crippen LogP contribution in [-0.4, -0.2) is 25.0 Å². The highest BCUT2D eigenvalue weighted by Crippen LogP contribution is 2.20. The molecule has 1 fully saturated rings. The Labute approximate surface area is 126 Å². The van der Waals surface area contributed by atoms with Gasteiger partial charge in [-0.05, 0) is 40.6 Å². The number of amides is 1. The minimum absolute atomic E-state index is 0.0874. The minimum atomic E-state index is -0.367. The number of thiophene rings is 1. The zero-order chi connectivity index (χ0) is 14.7. The van der Waals surface area contributed by atoms with Crippen LogP contribution in [0.5, 0.6) is 0 Å². The van der Waals surface area contributed by atoms with E-state index in [1.54, 1.807) is 47.8 Å². The number of nitrogens with zero attached hydrogens (tertiary/aromatic N) is 1. The Balaban J connectivity index is 1.79. The van der Waals surface area contributed by atoms with Crippen molar-refractivity contribution in [3.8, 4) is 0 Å². The SMILES string of the molecule is O=C(/C=C/c1ccsc1)c1cccc(N2CCOC2=O)c1. The average molecular weight is 299 g/mol. The normalized spacial score (nSPS) is 14.7. The van der Waals surface area contributed by atoms with E-state index in [4.69, 9.17) is 4.74 Å². The van der Waals surface area contributed by atoms with E-state index < -0.39 is 0 Å². The smallest absolute Gasteiger partial charge is 0.414 e. The monoisotopic (exact) mass is 299 g/mol. The summed E-state index contributed by atoms with van der Waals surface area (Å²) in [6.45, 7) is 0.899. The van der Waals surface area contributed by atoms with Gasteiger partial charge in [-0.3, -0.25) is 9.69 Å². The number of benzene rings is 1. The van der Waals surface area contributed by atoms with Gasteiger partial charge >= 0.3 is 6.09 Å². The van der Waals surface area contributed by atoms with E-state index in [0.717, 1.165) is 5.56 Å². The van der Waals surface area contributed by atoms with Crippen LogP contribution in [0.25, 0.3) is 6.08 Å². The van der Waals surface area contributed by atoms with Gasteiger partial charge < -0.3 is 4.74 Å². The predicted molar refractivity (Wildman–Crippen MR) is 82.8 cm³/mol. The maximum atomic E-state index is 12.2. The fourth-order valence-corrected chi connectivity index (χ4v) is 2.72. The molecule has 0 aliphatic carbocycles. The maximum absolute atomic E-state index is 12.2. The number of ether oxygens (including phenoxy) is 1. The Hall–Kier alpha value is -2.40. The second-order valence-corrected chi connectivity index (χ2v) is 5.35. The van der Waals surface area contributed by atoms with Crippen molar-refractivity contribution in [3.63, 3.8) is 0 Å². The van der Waals surface area contributed by atoms with E-state index in [2.05, 4.69) is 0 Å². The Bertz CT molecular complexity index is 691. The van der Waals surface area contributed by atoms with Gasteiger partial charge in [-0.15, -0.1) is 0 Å². The van der Waals surface area contributed by atoms with E-state index in [1.165, 1.54) is 4.90 Å². The van der Waals surface area contributed by atoms with Gasteiger partial charge in [-0.25, -0.2) is 4.79 Å². The molecule has 1 saturated heterocycles. The van der Waals surface area contributed by atoms with Crippen molar-refractivity contribution in [2.75, 3.05) is 18.1 Å². The summed E-state index contributed by atoms with van der Waals surface area (Å²) < 4.78 is 4.91. The van der Waals surface area contributed by atoms with Crippen LogP contribution in [0, 0.1) is 0 Å². The van der Waals surface area contributed by atoms with Crippen LogP contribution in [0.15, 0.2) is 47.2 Å². The number of allylic oxidation sites excluding steroid dienone is 1. The standard InChI is InChI=1S/C16H13NO3S/c18-15(5-4-12-6-9-21-11-12)13-2-1-3-14(10-13)17-7-8-20-16(17)19/h1-6,9-11H,7-8H2/b5-4+. The molecule has 1 amide bonds. The molecule has 1 aromatic carbocycles. The topological polar surface area (TPSA) is 46.6 Å². The van der Waals surface area contributed by atoms with Crippen molar-refractivity contribution < 1.29 is 14.3 Å². The Morgan fingerprint density at radius 2 is 2.24 bits per heavy atom. The molecule has 0 N–H and O–H groups in total. The van der Waals surface area contributed by atoms with E-state index >= 15 is 0 Å². The van der Waals surface area contributed by atoms with Crippen LogP contribution in [0.4, 0.5) is 10.5 Å². The summed E-state index contributed by atoms with van der Waals surface area (Å²) in [6, 6.07) is 8.97. The molecule has 1 aliphatic rings. The van der Waals surface area contributed by atoms with Gasteiger partial charge in [0, 0.05) is 11.3 Å². The lowest BCUT2D eigenvalue weighted by molar-refractivity contribution is 0.104. The first-order valence-corrected chi connectivity index (χ1v) is 7.47. The molecule has 2 aromatic rings. The van der Waals surface area contributed by atoms with Crippen molar-refractivity contribution in [3.05, 3.63) is 58.3 Å². The quantitative estimate of drug-likeness (QED) is 0.640. The van der Waals surface area contributed by atoms with Crippen LogP contribution in [-0.2, 0) is 4.74 Å². The number of hydrogen-bond donors (Lipinski definition) is 0. The van der Waals surface area contributed by atoms with Crippen LogP contribution in [0.3, 0.4) is 0 Å². The molecular formula is C16H13NO3S. The number of carbonyl (C=O) groups excluding carboxylic acids is 2. The first kappa shape index (κ1) is 13.6. The molecule has 0 bridgehead atoms. The second kappa shape index (κ2) is 5.93. The highest BCUT2D eigenvalue weighted by atomic mass is 32.1. The van der Waals surface area contributed by atoms with Crippen molar-refractivity contribution in [2.24, 2.45) is 0 Å². The van der Waals surface area contributed by atoms with Crippen molar-refractivity contribution in [1.29, 1.82) is 0 Å². The van der Waals surface area contributed by atoms with Gasteiger partial charge in [0.25, 0.3) is 0 Å². The summed E-state index contributed by atoms with van der Waals surface area (Å²) in [5, 5.41) is 3.93. The third-order valence-corrected chi connectivity index (χ3v) is 3.87. The zero-order valence-electron chi connectivity index (χ0n) is 11.2. The van der Waals surface area contributed by atoms with E-state index in [1.807, 2.05) is 16.8 Å². The lowest BCUT2D eigenvalue weighted by atomic mass is 10.1. The van der Waals surface area contributed by atoms with Gasteiger partial charge in [0.2, 0.25) is 0 Å². The summed E-state index contributed by atoms with van der Waals surface area (Å²) >= 11 is 1.59. The Kier molecular flexibility index (Phi) is 3.83. The largest absolute Gasteiger partial charge is 0.447 e. The van der Waals surface area contributed by atoms with Gasteiger partial charge in [0.05, 0.1) is 6.54 Å². The molecule has 0 spiro atoms. The fraction of sp³-hybridized carbons (Fsp3) is 0.125. The van der Waals surface area contributed by atoms with Crippen LogP contribution in [0.1, 0.15) is 15.9 Å². The van der Waals surface area contributed by atoms with Gasteiger partial charge in [0.1, 0.15) is 6.61 Å². The maximum Gasteiger partial charge on any atom is 0.414 e. The number of rotatable bonds is 4. The lowest BCUT2D eigenvalue weighted by Crippen LogP contribution is -2.23. The molecule has 0 unspecified atom stereocenters. The highest BCUT2D eigenvalue weighted by molar-refractivity contribution is 7.08. The summed E-state index contributed by atoms with van der Waals surface area (Å²) in [7, 11) is 0. The van der Waals surface area contributed by atoms with Gasteiger partial charge in [-0.1, -0.05) is 18.2 Å². The minimum Gasteiger partial charge on any atom is -0.447 e. The molecular weight excluding hydrogens is 286 g/mol. The number of cyclic esters (lactones) is 1. The van der Waals surface area contributed by atoms with Crippen molar-refractivity contribution >= 4 is 35.0 Å². The molecule has 0 radical (unpaired) electrons. The molecule has 1 aliphatic heterocycles. The number of anilines is 1. The Morgan fingerprint density at radius 1 is 1.33 bits per heavy atom. The number of carbonyl (C=O) groups is 2. The third kappa shape index (κ3) is 3.03. The van der Waals surface area contributed by atoms with Gasteiger partial charge in [0.15, 0.2) is 5.78 Å². The van der Waals surface area contributed by atoms with Crippen LogP contribution < -0.4 is 4.90 Å². The average Bonchev–Trinajstić information content (AvgIpc) is 3.16. The first-order chi connectivity index (χ1) is 10.2. The fourth-order valence-electron chi connectivity index (χ4n) is 2.09. The van der Waals surface area contributed by atoms with E-state index in [-0.39, 0.29) is 11.9 Å². The first-order valence-electron chi connectivity index (χ1n) is 6.53. The lowest BCUT2D eigenvalue weighted by Gasteiger charge is -2.13. The van der Waals surface area contributed by atoms with Crippen molar-refractivity contribution in [1.82, 2.24) is 0 Å². The van der Waals surface area contributed by atoms with Gasteiger partial charge in [-0.2, -0.15) is 11.3 Å². The summed E-state index contributed by atoms with van der Waals surface area (Å²) in [5.41, 5.74) is 2.25. The summed E-state index contributed by atoms with van der Waals surface area (Å²) in [4.78, 5) is 25.2. The molecule has 0 atom stereocenters. The van der Waals surface area contributed by atoms with Crippen molar-refractivity contribution in [2.45, 2.75) is 0 Å². The molecule has 3 rings (SSSR count). The summed E-state index contributed by atoms with van der Waals surface area (Å²) in [6.07, 6.45) is 2.97. The molecule has 4 nitrogen and oxygen atoms in total. The molecule has 0 saturated carbocycles. The van der Waals surface area contributed by atoms with E-state index in [0.29, 0.717) is 24.4 Å². The number of ketones is 1. The van der Waals surface area contributed by atoms with Crippen LogP contribution in [0.2, 0.25) is 0 Å². The predicted octanol–water partition coefficient (Wildman–Crippen LogP) is 3.60.